The zero-order valence-corrected chi connectivity index (χ0v) is 15.2. The van der Waals surface area contributed by atoms with Crippen LogP contribution in [0.1, 0.15) is 11.1 Å². The molecule has 8 heteroatoms. The molecule has 1 aromatic carbocycles. The maximum absolute atomic E-state index is 12.5. The number of benzene rings is 1. The van der Waals surface area contributed by atoms with Gasteiger partial charge in [0.2, 0.25) is 11.8 Å². The summed E-state index contributed by atoms with van der Waals surface area (Å²) >= 11 is 1.55. The van der Waals surface area contributed by atoms with E-state index in [0.717, 1.165) is 5.56 Å². The lowest BCUT2D eigenvalue weighted by molar-refractivity contribution is -0.132. The summed E-state index contributed by atoms with van der Waals surface area (Å²) in [6, 6.07) is 13.5. The molecule has 1 aliphatic rings. The molecule has 27 heavy (non-hydrogen) atoms. The first-order valence-electron chi connectivity index (χ1n) is 8.27. The summed E-state index contributed by atoms with van der Waals surface area (Å²) in [5.41, 5.74) is 7.29. The summed E-state index contributed by atoms with van der Waals surface area (Å²) in [5, 5.41) is 18.2. The molecular weight excluding hydrogens is 362 g/mol. The van der Waals surface area contributed by atoms with Crippen LogP contribution in [0.2, 0.25) is 0 Å². The molecule has 7 nitrogen and oxygen atoms in total. The van der Waals surface area contributed by atoms with Crippen LogP contribution < -0.4 is 10.5 Å². The van der Waals surface area contributed by atoms with E-state index in [2.05, 4.69) is 11.1 Å². The number of ether oxygens (including phenoxy) is 1. The van der Waals surface area contributed by atoms with E-state index in [9.17, 15) is 4.79 Å². The lowest BCUT2D eigenvalue weighted by atomic mass is 10.0. The molecule has 1 saturated heterocycles. The third-order valence-electron chi connectivity index (χ3n) is 4.12. The Balaban J connectivity index is 1.63. The first kappa shape index (κ1) is 18.7. The number of aromatic nitrogens is 1. The minimum Gasteiger partial charge on any atom is -0.438 e. The molecule has 2 atom stereocenters. The highest BCUT2D eigenvalue weighted by Gasteiger charge is 2.32. The number of hydrogen-bond donors (Lipinski definition) is 1. The highest BCUT2D eigenvalue weighted by molar-refractivity contribution is 7.99. The Bertz CT molecular complexity index is 904. The zero-order chi connectivity index (χ0) is 19.2. The average Bonchev–Trinajstić information content (AvgIpc) is 3.18. The molecule has 0 saturated carbocycles. The van der Waals surface area contributed by atoms with Gasteiger partial charge in [0, 0.05) is 11.9 Å². The van der Waals surface area contributed by atoms with Gasteiger partial charge >= 0.3 is 0 Å². The highest BCUT2D eigenvalue weighted by atomic mass is 32.2. The standard InChI is InChI=1S/C19H17N5O2S/c20-9-14-2-1-7-23-18(14)26-16-5-3-13(4-6-16)8-17(22)19(25)24-12-27-11-15(24)10-21/h1-7,15,17H,8,11-12,22H2/t15-,17?/m1/s1. The van der Waals surface area contributed by atoms with Crippen molar-refractivity contribution in [2.24, 2.45) is 5.73 Å². The van der Waals surface area contributed by atoms with Crippen molar-refractivity contribution in [1.29, 1.82) is 10.5 Å². The number of nitrogens with zero attached hydrogens (tertiary/aromatic N) is 4. The Morgan fingerprint density at radius 2 is 2.15 bits per heavy atom. The lowest BCUT2D eigenvalue weighted by Gasteiger charge is -2.22. The molecule has 2 N–H and O–H groups in total. The number of carbonyl (C=O) groups is 1. The van der Waals surface area contributed by atoms with E-state index in [-0.39, 0.29) is 11.8 Å². The Kier molecular flexibility index (Phi) is 5.92. The topological polar surface area (TPSA) is 116 Å². The largest absolute Gasteiger partial charge is 0.438 e. The van der Waals surface area contributed by atoms with E-state index in [0.29, 0.717) is 29.4 Å². The van der Waals surface area contributed by atoms with Gasteiger partial charge in [0.1, 0.15) is 23.4 Å². The van der Waals surface area contributed by atoms with Crippen LogP contribution in [0, 0.1) is 22.7 Å². The van der Waals surface area contributed by atoms with Crippen molar-refractivity contribution >= 4 is 17.7 Å². The van der Waals surface area contributed by atoms with E-state index in [1.165, 1.54) is 4.90 Å². The Morgan fingerprint density at radius 3 is 2.85 bits per heavy atom. The third-order valence-corrected chi connectivity index (χ3v) is 5.13. The molecule has 0 radical (unpaired) electrons. The molecular formula is C19H17N5O2S. The van der Waals surface area contributed by atoms with E-state index in [1.54, 1.807) is 42.2 Å². The molecule has 2 aromatic rings. The van der Waals surface area contributed by atoms with Gasteiger partial charge in [-0.1, -0.05) is 12.1 Å². The van der Waals surface area contributed by atoms with Gasteiger partial charge in [-0.25, -0.2) is 4.98 Å². The van der Waals surface area contributed by atoms with E-state index < -0.39 is 12.1 Å². The van der Waals surface area contributed by atoms with Gasteiger partial charge < -0.3 is 15.4 Å². The summed E-state index contributed by atoms with van der Waals surface area (Å²) in [5.74, 6) is 1.70. The molecule has 0 aliphatic carbocycles. The number of nitrogens with two attached hydrogens (primary N) is 1. The Morgan fingerprint density at radius 1 is 1.37 bits per heavy atom. The predicted octanol–water partition coefficient (Wildman–Crippen LogP) is 2.04. The number of amides is 1. The first-order chi connectivity index (χ1) is 13.1. The third kappa shape index (κ3) is 4.37. The second-order valence-electron chi connectivity index (χ2n) is 5.98. The normalized spacial score (nSPS) is 17.0. The SMILES string of the molecule is N#Cc1cccnc1Oc1ccc(CC(N)C(=O)N2CSC[C@H]2C#N)cc1. The lowest BCUT2D eigenvalue weighted by Crippen LogP contribution is -2.47. The van der Waals surface area contributed by atoms with Gasteiger partial charge in [-0.05, 0) is 36.2 Å². The maximum atomic E-state index is 12.5. The highest BCUT2D eigenvalue weighted by Crippen LogP contribution is 2.24. The van der Waals surface area contributed by atoms with Crippen molar-refractivity contribution < 1.29 is 9.53 Å². The van der Waals surface area contributed by atoms with Crippen molar-refractivity contribution in [2.75, 3.05) is 11.6 Å². The number of carbonyl (C=O) groups excluding carboxylic acids is 1. The Labute approximate surface area is 161 Å². The summed E-state index contributed by atoms with van der Waals surface area (Å²) in [7, 11) is 0. The second-order valence-corrected chi connectivity index (χ2v) is 6.98. The summed E-state index contributed by atoms with van der Waals surface area (Å²) in [6.07, 6.45) is 1.92. The molecule has 0 spiro atoms. The monoisotopic (exact) mass is 379 g/mol. The van der Waals surface area contributed by atoms with Crippen molar-refractivity contribution in [1.82, 2.24) is 9.88 Å². The van der Waals surface area contributed by atoms with Gasteiger partial charge in [-0.15, -0.1) is 11.8 Å². The number of thioether (sulfide) groups is 1. The predicted molar refractivity (Wildman–Crippen MR) is 101 cm³/mol. The van der Waals surface area contributed by atoms with Crippen molar-refractivity contribution in [2.45, 2.75) is 18.5 Å². The van der Waals surface area contributed by atoms with E-state index in [4.69, 9.17) is 21.0 Å². The van der Waals surface area contributed by atoms with Gasteiger partial charge in [-0.3, -0.25) is 4.79 Å². The molecule has 1 amide bonds. The molecule has 136 valence electrons. The number of pyridine rings is 1. The zero-order valence-electron chi connectivity index (χ0n) is 14.4. The number of nitriles is 2. The van der Waals surface area contributed by atoms with Gasteiger partial charge in [-0.2, -0.15) is 10.5 Å². The van der Waals surface area contributed by atoms with Crippen LogP contribution in [0.4, 0.5) is 0 Å². The maximum Gasteiger partial charge on any atom is 0.241 e. The van der Waals surface area contributed by atoms with Crippen LogP contribution in [0.5, 0.6) is 11.6 Å². The van der Waals surface area contributed by atoms with Crippen molar-refractivity contribution in [3.8, 4) is 23.8 Å². The fourth-order valence-corrected chi connectivity index (χ4v) is 3.77. The Hall–Kier alpha value is -3.07. The van der Waals surface area contributed by atoms with Crippen LogP contribution in [0.25, 0.3) is 0 Å². The van der Waals surface area contributed by atoms with Crippen molar-refractivity contribution in [3.63, 3.8) is 0 Å². The van der Waals surface area contributed by atoms with Crippen molar-refractivity contribution in [3.05, 3.63) is 53.7 Å². The molecule has 1 aromatic heterocycles. The van der Waals surface area contributed by atoms with Crippen LogP contribution >= 0.6 is 11.8 Å². The average molecular weight is 379 g/mol. The minimum atomic E-state index is -0.702. The second kappa shape index (κ2) is 8.54. The first-order valence-corrected chi connectivity index (χ1v) is 9.43. The molecule has 1 unspecified atom stereocenters. The van der Waals surface area contributed by atoms with E-state index >= 15 is 0 Å². The van der Waals surface area contributed by atoms with Gasteiger partial charge in [0.05, 0.1) is 18.0 Å². The van der Waals surface area contributed by atoms with Gasteiger partial charge in [0.15, 0.2) is 0 Å². The number of rotatable bonds is 5. The fraction of sp³-hybridized carbons (Fsp3) is 0.263. The molecule has 1 fully saturated rings. The quantitative estimate of drug-likeness (QED) is 0.845. The summed E-state index contributed by atoms with van der Waals surface area (Å²) < 4.78 is 5.64. The van der Waals surface area contributed by atoms with Crippen LogP contribution in [-0.4, -0.2) is 39.5 Å². The molecule has 3 rings (SSSR count). The van der Waals surface area contributed by atoms with E-state index in [1.807, 2.05) is 18.2 Å². The molecule has 1 aliphatic heterocycles. The fourth-order valence-electron chi connectivity index (χ4n) is 2.68. The van der Waals surface area contributed by atoms with Gasteiger partial charge in [0.25, 0.3) is 0 Å². The molecule has 2 heterocycles. The van der Waals surface area contributed by atoms with Crippen LogP contribution in [0.15, 0.2) is 42.6 Å². The molecule has 0 bridgehead atoms. The summed E-state index contributed by atoms with van der Waals surface area (Å²) in [4.78, 5) is 18.1. The minimum absolute atomic E-state index is 0.209. The van der Waals surface area contributed by atoms with Crippen LogP contribution in [-0.2, 0) is 11.2 Å². The number of hydrogen-bond acceptors (Lipinski definition) is 7. The smallest absolute Gasteiger partial charge is 0.241 e. The van der Waals surface area contributed by atoms with Crippen LogP contribution in [0.3, 0.4) is 0 Å². The summed E-state index contributed by atoms with van der Waals surface area (Å²) in [6.45, 7) is 0.